The zero-order valence-corrected chi connectivity index (χ0v) is 18.2. The SMILES string of the molecule is O=C(Nc1ccc2oc(-c3ccc4c(c3)OCO4)c(O)c(=O)c2c1)Nc1ccc(Cl)cc1Cl. The second-order valence-electron chi connectivity index (χ2n) is 7.09. The average Bonchev–Trinajstić information content (AvgIpc) is 3.26. The van der Waals surface area contributed by atoms with Gasteiger partial charge in [-0.1, -0.05) is 23.2 Å². The van der Waals surface area contributed by atoms with Gasteiger partial charge in [-0.25, -0.2) is 4.79 Å². The Hall–Kier alpha value is -3.88. The van der Waals surface area contributed by atoms with E-state index >= 15 is 0 Å². The number of carbonyl (C=O) groups excluding carboxylic acids is 1. The summed E-state index contributed by atoms with van der Waals surface area (Å²) in [6, 6.07) is 13.5. The van der Waals surface area contributed by atoms with Gasteiger partial charge in [0.2, 0.25) is 18.0 Å². The van der Waals surface area contributed by atoms with Crippen molar-refractivity contribution < 1.29 is 23.8 Å². The highest BCUT2D eigenvalue weighted by Crippen LogP contribution is 2.38. The first-order valence-corrected chi connectivity index (χ1v) is 10.4. The maximum absolute atomic E-state index is 12.8. The topological polar surface area (TPSA) is 110 Å². The summed E-state index contributed by atoms with van der Waals surface area (Å²) in [5, 5.41) is 16.5. The van der Waals surface area contributed by atoms with Gasteiger partial charge in [-0.15, -0.1) is 0 Å². The molecule has 2 amide bonds. The molecule has 33 heavy (non-hydrogen) atoms. The van der Waals surface area contributed by atoms with Crippen LogP contribution in [-0.2, 0) is 0 Å². The molecule has 2 heterocycles. The number of amides is 2. The molecule has 0 bridgehead atoms. The molecule has 0 unspecified atom stereocenters. The van der Waals surface area contributed by atoms with Crippen LogP contribution in [0.1, 0.15) is 0 Å². The van der Waals surface area contributed by atoms with Gasteiger partial charge in [0.05, 0.1) is 16.1 Å². The number of rotatable bonds is 3. The molecule has 1 aromatic heterocycles. The number of halogens is 2. The molecule has 0 spiro atoms. The number of fused-ring (bicyclic) bond motifs is 2. The van der Waals surface area contributed by atoms with Crippen LogP contribution >= 0.6 is 23.2 Å². The molecule has 4 aromatic rings. The van der Waals surface area contributed by atoms with Crippen molar-refractivity contribution in [2.45, 2.75) is 0 Å². The summed E-state index contributed by atoms with van der Waals surface area (Å²) in [6.07, 6.45) is 0. The highest BCUT2D eigenvalue weighted by atomic mass is 35.5. The van der Waals surface area contributed by atoms with Crippen molar-refractivity contribution >= 4 is 51.6 Å². The third-order valence-electron chi connectivity index (χ3n) is 4.94. The third-order valence-corrected chi connectivity index (χ3v) is 5.49. The molecule has 1 aliphatic heterocycles. The van der Waals surface area contributed by atoms with Crippen LogP contribution in [0.25, 0.3) is 22.3 Å². The molecule has 3 N–H and O–H groups in total. The quantitative estimate of drug-likeness (QED) is 0.336. The van der Waals surface area contributed by atoms with Crippen LogP contribution in [-0.4, -0.2) is 17.9 Å². The molecule has 1 aliphatic rings. The van der Waals surface area contributed by atoms with E-state index in [-0.39, 0.29) is 28.5 Å². The standard InChI is InChI=1S/C23H14Cl2N2O6/c24-12-2-4-16(15(25)8-12)27-23(30)26-13-3-6-17-14(9-13)20(28)21(29)22(33-17)11-1-5-18-19(7-11)32-10-31-18/h1-9,29H,10H2,(H2,26,27,30). The lowest BCUT2D eigenvalue weighted by molar-refractivity contribution is 0.174. The van der Waals surface area contributed by atoms with Crippen molar-refractivity contribution in [3.8, 4) is 28.6 Å². The van der Waals surface area contributed by atoms with E-state index in [1.54, 1.807) is 36.4 Å². The van der Waals surface area contributed by atoms with E-state index in [1.807, 2.05) is 0 Å². The molecule has 0 fully saturated rings. The Labute approximate surface area is 196 Å². The predicted molar refractivity (Wildman–Crippen MR) is 125 cm³/mol. The first-order valence-electron chi connectivity index (χ1n) is 9.62. The van der Waals surface area contributed by atoms with Gasteiger partial charge in [-0.2, -0.15) is 0 Å². The van der Waals surface area contributed by atoms with Crippen LogP contribution in [0.15, 0.2) is 63.8 Å². The molecular formula is C23H14Cl2N2O6. The molecule has 166 valence electrons. The Morgan fingerprint density at radius 1 is 0.939 bits per heavy atom. The number of ether oxygens (including phenoxy) is 2. The van der Waals surface area contributed by atoms with Gasteiger partial charge < -0.3 is 29.6 Å². The Bertz CT molecular complexity index is 1480. The Kier molecular flexibility index (Phi) is 5.24. The van der Waals surface area contributed by atoms with Gasteiger partial charge in [0.25, 0.3) is 0 Å². The smallest absolute Gasteiger partial charge is 0.323 e. The molecule has 0 aliphatic carbocycles. The van der Waals surface area contributed by atoms with Crippen molar-refractivity contribution in [1.82, 2.24) is 0 Å². The minimum atomic E-state index is -0.645. The van der Waals surface area contributed by atoms with E-state index < -0.39 is 17.2 Å². The maximum atomic E-state index is 12.8. The van der Waals surface area contributed by atoms with E-state index in [9.17, 15) is 14.7 Å². The molecule has 8 nitrogen and oxygen atoms in total. The lowest BCUT2D eigenvalue weighted by Crippen LogP contribution is -2.19. The van der Waals surface area contributed by atoms with Crippen molar-refractivity contribution in [1.29, 1.82) is 0 Å². The van der Waals surface area contributed by atoms with E-state index in [0.717, 1.165) is 0 Å². The monoisotopic (exact) mass is 484 g/mol. The van der Waals surface area contributed by atoms with Crippen molar-refractivity contribution in [2.24, 2.45) is 0 Å². The molecule has 0 radical (unpaired) electrons. The number of benzene rings is 3. The highest BCUT2D eigenvalue weighted by Gasteiger charge is 2.20. The number of hydrogen-bond acceptors (Lipinski definition) is 6. The summed E-state index contributed by atoms with van der Waals surface area (Å²) in [4.78, 5) is 25.2. The number of aromatic hydroxyl groups is 1. The molecule has 5 rings (SSSR count). The van der Waals surface area contributed by atoms with Gasteiger partial charge in [-0.05, 0) is 54.6 Å². The van der Waals surface area contributed by atoms with Crippen molar-refractivity contribution in [3.05, 3.63) is 74.9 Å². The Morgan fingerprint density at radius 2 is 1.76 bits per heavy atom. The van der Waals surface area contributed by atoms with Gasteiger partial charge in [0, 0.05) is 16.3 Å². The zero-order chi connectivity index (χ0) is 23.1. The lowest BCUT2D eigenvalue weighted by atomic mass is 10.1. The summed E-state index contributed by atoms with van der Waals surface area (Å²) in [7, 11) is 0. The van der Waals surface area contributed by atoms with Crippen LogP contribution in [0, 0.1) is 0 Å². The summed E-state index contributed by atoms with van der Waals surface area (Å²) >= 11 is 11.9. The zero-order valence-electron chi connectivity index (χ0n) is 16.6. The predicted octanol–water partition coefficient (Wildman–Crippen LogP) is 5.85. The molecule has 0 atom stereocenters. The van der Waals surface area contributed by atoms with E-state index in [0.29, 0.717) is 33.5 Å². The Balaban J connectivity index is 1.44. The van der Waals surface area contributed by atoms with E-state index in [1.165, 1.54) is 18.2 Å². The summed E-state index contributed by atoms with van der Waals surface area (Å²) in [6.45, 7) is 0.0972. The molecule has 0 saturated heterocycles. The van der Waals surface area contributed by atoms with Gasteiger partial charge >= 0.3 is 6.03 Å². The fourth-order valence-electron chi connectivity index (χ4n) is 3.37. The number of hydrogen-bond donors (Lipinski definition) is 3. The summed E-state index contributed by atoms with van der Waals surface area (Å²) < 4.78 is 16.4. The molecule has 3 aromatic carbocycles. The number of anilines is 2. The van der Waals surface area contributed by atoms with Gasteiger partial charge in [-0.3, -0.25) is 4.79 Å². The average molecular weight is 485 g/mol. The van der Waals surface area contributed by atoms with Crippen molar-refractivity contribution in [3.63, 3.8) is 0 Å². The minimum absolute atomic E-state index is 0.00151. The Morgan fingerprint density at radius 3 is 2.58 bits per heavy atom. The number of nitrogens with one attached hydrogen (secondary N) is 2. The highest BCUT2D eigenvalue weighted by molar-refractivity contribution is 6.36. The largest absolute Gasteiger partial charge is 0.502 e. The first-order chi connectivity index (χ1) is 15.9. The summed E-state index contributed by atoms with van der Waals surface area (Å²) in [5.74, 6) is 0.494. The maximum Gasteiger partial charge on any atom is 0.323 e. The van der Waals surface area contributed by atoms with Crippen LogP contribution in [0.4, 0.5) is 16.2 Å². The van der Waals surface area contributed by atoms with Gasteiger partial charge in [0.1, 0.15) is 5.58 Å². The van der Waals surface area contributed by atoms with Crippen LogP contribution in [0.3, 0.4) is 0 Å². The molecule has 0 saturated carbocycles. The number of carbonyl (C=O) groups is 1. The lowest BCUT2D eigenvalue weighted by Gasteiger charge is -2.11. The first kappa shape index (κ1) is 21.0. The second kappa shape index (κ2) is 8.23. The fourth-order valence-corrected chi connectivity index (χ4v) is 3.83. The molecule has 10 heteroatoms. The van der Waals surface area contributed by atoms with Crippen LogP contribution in [0.5, 0.6) is 17.2 Å². The number of urea groups is 1. The van der Waals surface area contributed by atoms with Crippen LogP contribution in [0.2, 0.25) is 10.0 Å². The second-order valence-corrected chi connectivity index (χ2v) is 7.93. The van der Waals surface area contributed by atoms with Crippen LogP contribution < -0.4 is 25.5 Å². The third kappa shape index (κ3) is 4.02. The minimum Gasteiger partial charge on any atom is -0.502 e. The van der Waals surface area contributed by atoms with E-state index in [4.69, 9.17) is 37.1 Å². The fraction of sp³-hybridized carbons (Fsp3) is 0.0435. The normalized spacial score (nSPS) is 12.1. The van der Waals surface area contributed by atoms with E-state index in [2.05, 4.69) is 10.6 Å². The van der Waals surface area contributed by atoms with Crippen molar-refractivity contribution in [2.75, 3.05) is 17.4 Å². The van der Waals surface area contributed by atoms with Gasteiger partial charge in [0.15, 0.2) is 17.3 Å². The molecular weight excluding hydrogens is 471 g/mol. The summed E-state index contributed by atoms with van der Waals surface area (Å²) in [5.41, 5.74) is 0.723.